The van der Waals surface area contributed by atoms with Crippen LogP contribution in [0.15, 0.2) is 18.2 Å². The predicted molar refractivity (Wildman–Crippen MR) is 83.9 cm³/mol. The number of carboxylic acid groups (broad SMARTS) is 1. The first kappa shape index (κ1) is 18.6. The minimum absolute atomic E-state index is 0.317. The van der Waals surface area contributed by atoms with E-state index in [-0.39, 0.29) is 6.42 Å². The van der Waals surface area contributed by atoms with E-state index in [9.17, 15) is 9.59 Å². The van der Waals surface area contributed by atoms with Crippen molar-refractivity contribution < 1.29 is 28.9 Å². The number of hydrogen-bond acceptors (Lipinski definition) is 5. The van der Waals surface area contributed by atoms with Crippen LogP contribution >= 0.6 is 0 Å². The van der Waals surface area contributed by atoms with Crippen molar-refractivity contribution in [2.75, 3.05) is 14.2 Å². The van der Waals surface area contributed by atoms with Crippen LogP contribution in [-0.4, -0.2) is 37.0 Å². The van der Waals surface area contributed by atoms with Crippen LogP contribution in [0, 0.1) is 0 Å². The topological polar surface area (TPSA) is 94.1 Å². The van der Waals surface area contributed by atoms with E-state index in [4.69, 9.17) is 19.3 Å². The van der Waals surface area contributed by atoms with Gasteiger partial charge in [0.15, 0.2) is 0 Å². The lowest BCUT2D eigenvalue weighted by Gasteiger charge is -2.24. The van der Waals surface area contributed by atoms with E-state index in [0.717, 1.165) is 0 Å². The van der Waals surface area contributed by atoms with E-state index in [2.05, 4.69) is 5.32 Å². The Morgan fingerprint density at radius 3 is 2.35 bits per heavy atom. The molecule has 0 fully saturated rings. The second-order valence-electron chi connectivity index (χ2n) is 5.90. The summed E-state index contributed by atoms with van der Waals surface area (Å²) in [4.78, 5) is 23.1. The monoisotopic (exact) mass is 325 g/mol. The summed E-state index contributed by atoms with van der Waals surface area (Å²) in [5, 5.41) is 11.7. The smallest absolute Gasteiger partial charge is 0.408 e. The molecule has 0 radical (unpaired) electrons. The molecule has 0 aromatic heterocycles. The Morgan fingerprint density at radius 1 is 1.22 bits per heavy atom. The van der Waals surface area contributed by atoms with Crippen molar-refractivity contribution in [3.05, 3.63) is 23.8 Å². The number of carbonyl (C=O) groups is 2. The van der Waals surface area contributed by atoms with E-state index in [1.54, 1.807) is 39.0 Å². The number of methoxy groups -OCH3 is 2. The second-order valence-corrected chi connectivity index (χ2v) is 5.90. The van der Waals surface area contributed by atoms with Gasteiger partial charge >= 0.3 is 12.1 Å². The highest BCUT2D eigenvalue weighted by molar-refractivity contribution is 5.72. The summed E-state index contributed by atoms with van der Waals surface area (Å²) in [6.45, 7) is 5.18. The Morgan fingerprint density at radius 2 is 1.87 bits per heavy atom. The normalized spacial score (nSPS) is 12.2. The molecule has 7 heteroatoms. The lowest BCUT2D eigenvalue weighted by molar-refractivity contribution is -0.137. The maximum absolute atomic E-state index is 12.0. The van der Waals surface area contributed by atoms with Crippen LogP contribution in [-0.2, 0) is 9.53 Å². The molecule has 0 aliphatic carbocycles. The molecule has 1 amide bonds. The number of ether oxygens (including phenoxy) is 3. The van der Waals surface area contributed by atoms with E-state index in [1.165, 1.54) is 14.2 Å². The minimum Gasteiger partial charge on any atom is -0.497 e. The van der Waals surface area contributed by atoms with Crippen molar-refractivity contribution in [3.63, 3.8) is 0 Å². The van der Waals surface area contributed by atoms with Gasteiger partial charge < -0.3 is 24.6 Å². The zero-order valence-electron chi connectivity index (χ0n) is 14.0. The van der Waals surface area contributed by atoms with Crippen molar-refractivity contribution >= 4 is 12.1 Å². The maximum Gasteiger partial charge on any atom is 0.408 e. The predicted octanol–water partition coefficient (Wildman–Crippen LogP) is 2.74. The van der Waals surface area contributed by atoms with Gasteiger partial charge in [-0.3, -0.25) is 4.79 Å². The average molecular weight is 325 g/mol. The Bertz CT molecular complexity index is 564. The van der Waals surface area contributed by atoms with Gasteiger partial charge in [-0.05, 0) is 39.0 Å². The standard InChI is InChI=1S/C16H23NO6/c1-16(2,3)23-15(20)17-12(9-14(18)19)11-8-10(21-4)6-7-13(11)22-5/h6-8,12H,9H2,1-5H3,(H,17,20)(H,18,19)/t12-/m1/s1. The Balaban J connectivity index is 3.11. The van der Waals surface area contributed by atoms with Crippen LogP contribution in [0.3, 0.4) is 0 Å². The molecule has 2 N–H and O–H groups in total. The van der Waals surface area contributed by atoms with E-state index >= 15 is 0 Å². The highest BCUT2D eigenvalue weighted by Crippen LogP contribution is 2.31. The highest BCUT2D eigenvalue weighted by atomic mass is 16.6. The average Bonchev–Trinajstić information content (AvgIpc) is 2.43. The summed E-state index contributed by atoms with van der Waals surface area (Å²) < 4.78 is 15.6. The SMILES string of the molecule is COc1ccc(OC)c([C@@H](CC(=O)O)NC(=O)OC(C)(C)C)c1. The number of hydrogen-bond donors (Lipinski definition) is 2. The summed E-state index contributed by atoms with van der Waals surface area (Å²) in [7, 11) is 2.97. The number of benzene rings is 1. The molecule has 0 saturated carbocycles. The fourth-order valence-corrected chi connectivity index (χ4v) is 1.97. The minimum atomic E-state index is -1.06. The molecule has 0 aliphatic heterocycles. The van der Waals surface area contributed by atoms with E-state index < -0.39 is 23.7 Å². The molecule has 23 heavy (non-hydrogen) atoms. The van der Waals surface area contributed by atoms with Gasteiger partial charge in [-0.15, -0.1) is 0 Å². The van der Waals surface area contributed by atoms with E-state index in [0.29, 0.717) is 17.1 Å². The lowest BCUT2D eigenvalue weighted by Crippen LogP contribution is -2.36. The number of amides is 1. The number of rotatable bonds is 6. The van der Waals surface area contributed by atoms with Crippen LogP contribution in [0.1, 0.15) is 38.8 Å². The fraction of sp³-hybridized carbons (Fsp3) is 0.500. The summed E-state index contributed by atoms with van der Waals surface area (Å²) in [6.07, 6.45) is -1.02. The Kier molecular flexibility index (Phi) is 6.24. The first-order valence-corrected chi connectivity index (χ1v) is 7.09. The molecular formula is C16H23NO6. The molecule has 0 spiro atoms. The van der Waals surface area contributed by atoms with Gasteiger partial charge in [0.2, 0.25) is 0 Å². The number of alkyl carbamates (subject to hydrolysis) is 1. The van der Waals surface area contributed by atoms with Gasteiger partial charge in [0.05, 0.1) is 26.7 Å². The van der Waals surface area contributed by atoms with Crippen LogP contribution in [0.25, 0.3) is 0 Å². The Labute approximate surface area is 135 Å². The molecule has 1 aromatic carbocycles. The molecule has 7 nitrogen and oxygen atoms in total. The van der Waals surface area contributed by atoms with Crippen LogP contribution in [0.2, 0.25) is 0 Å². The number of nitrogens with one attached hydrogen (secondary N) is 1. The van der Waals surface area contributed by atoms with Gasteiger partial charge in [0.25, 0.3) is 0 Å². The molecule has 0 saturated heterocycles. The quantitative estimate of drug-likeness (QED) is 0.835. The van der Waals surface area contributed by atoms with Crippen molar-refractivity contribution in [2.45, 2.75) is 38.8 Å². The fourth-order valence-electron chi connectivity index (χ4n) is 1.97. The summed E-state index contributed by atoms with van der Waals surface area (Å²) in [5.41, 5.74) is -0.184. The van der Waals surface area contributed by atoms with Gasteiger partial charge in [0.1, 0.15) is 17.1 Å². The van der Waals surface area contributed by atoms with Gasteiger partial charge in [-0.25, -0.2) is 4.79 Å². The first-order chi connectivity index (χ1) is 10.7. The van der Waals surface area contributed by atoms with E-state index in [1.807, 2.05) is 0 Å². The molecule has 0 bridgehead atoms. The van der Waals surface area contributed by atoms with Crippen molar-refractivity contribution in [3.8, 4) is 11.5 Å². The molecule has 1 rings (SSSR count). The number of carbonyl (C=O) groups excluding carboxylic acids is 1. The Hall–Kier alpha value is -2.44. The molecule has 128 valence electrons. The zero-order valence-corrected chi connectivity index (χ0v) is 14.0. The highest BCUT2D eigenvalue weighted by Gasteiger charge is 2.25. The van der Waals surface area contributed by atoms with Crippen molar-refractivity contribution in [2.24, 2.45) is 0 Å². The third kappa shape index (κ3) is 6.06. The van der Waals surface area contributed by atoms with Gasteiger partial charge in [0, 0.05) is 5.56 Å². The molecule has 0 heterocycles. The second kappa shape index (κ2) is 7.71. The third-order valence-corrected chi connectivity index (χ3v) is 2.88. The lowest BCUT2D eigenvalue weighted by atomic mass is 10.0. The third-order valence-electron chi connectivity index (χ3n) is 2.88. The molecule has 0 unspecified atom stereocenters. The van der Waals surface area contributed by atoms with Crippen LogP contribution in [0.5, 0.6) is 11.5 Å². The molecule has 0 aliphatic rings. The molecule has 1 atom stereocenters. The molecular weight excluding hydrogens is 302 g/mol. The van der Waals surface area contributed by atoms with Crippen LogP contribution in [0.4, 0.5) is 4.79 Å². The number of aliphatic carboxylic acids is 1. The summed E-state index contributed by atoms with van der Waals surface area (Å²) in [6, 6.07) is 4.16. The number of carboxylic acids is 1. The summed E-state index contributed by atoms with van der Waals surface area (Å²) >= 11 is 0. The molecule has 1 aromatic rings. The summed E-state index contributed by atoms with van der Waals surface area (Å²) in [5.74, 6) is -0.0776. The van der Waals surface area contributed by atoms with Gasteiger partial charge in [-0.1, -0.05) is 0 Å². The van der Waals surface area contributed by atoms with Gasteiger partial charge in [-0.2, -0.15) is 0 Å². The first-order valence-electron chi connectivity index (χ1n) is 7.09. The zero-order chi connectivity index (χ0) is 17.6. The maximum atomic E-state index is 12.0. The van der Waals surface area contributed by atoms with Crippen LogP contribution < -0.4 is 14.8 Å². The largest absolute Gasteiger partial charge is 0.497 e. The van der Waals surface area contributed by atoms with Crippen molar-refractivity contribution in [1.82, 2.24) is 5.32 Å². The van der Waals surface area contributed by atoms with Crippen molar-refractivity contribution in [1.29, 1.82) is 0 Å².